The molecule has 4 nitrogen and oxygen atoms in total. The summed E-state index contributed by atoms with van der Waals surface area (Å²) in [6, 6.07) is 5.33. The van der Waals surface area contributed by atoms with Gasteiger partial charge >= 0.3 is 0 Å². The number of rotatable bonds is 9. The highest BCUT2D eigenvalue weighted by molar-refractivity contribution is 14.0. The number of hydrogen-bond donors (Lipinski definition) is 2. The highest BCUT2D eigenvalue weighted by atomic mass is 127. The van der Waals surface area contributed by atoms with Gasteiger partial charge in [0.15, 0.2) is 5.96 Å². The Labute approximate surface area is 168 Å². The molecule has 25 heavy (non-hydrogen) atoms. The number of ether oxygens (including phenoxy) is 1. The first-order chi connectivity index (χ1) is 11.6. The predicted octanol–water partition coefficient (Wildman–Crippen LogP) is 4.18. The fraction of sp³-hybridized carbons (Fsp3) is 0.632. The van der Waals surface area contributed by atoms with E-state index in [4.69, 9.17) is 4.74 Å². The van der Waals surface area contributed by atoms with Crippen molar-refractivity contribution in [3.63, 3.8) is 0 Å². The average Bonchev–Trinajstić information content (AvgIpc) is 3.37. The van der Waals surface area contributed by atoms with Gasteiger partial charge in [0.1, 0.15) is 5.82 Å². The van der Waals surface area contributed by atoms with Crippen LogP contribution in [-0.2, 0) is 4.74 Å². The zero-order chi connectivity index (χ0) is 17.4. The van der Waals surface area contributed by atoms with Gasteiger partial charge in [0, 0.05) is 26.3 Å². The van der Waals surface area contributed by atoms with Crippen LogP contribution in [0.3, 0.4) is 0 Å². The van der Waals surface area contributed by atoms with E-state index in [1.807, 2.05) is 26.0 Å². The number of guanidine groups is 1. The smallest absolute Gasteiger partial charge is 0.191 e. The molecule has 0 aromatic heterocycles. The molecule has 1 aromatic rings. The van der Waals surface area contributed by atoms with Gasteiger partial charge in [0.25, 0.3) is 0 Å². The van der Waals surface area contributed by atoms with Crippen LogP contribution in [0.1, 0.15) is 50.3 Å². The molecule has 142 valence electrons. The molecule has 0 bridgehead atoms. The first-order valence-corrected chi connectivity index (χ1v) is 8.98. The summed E-state index contributed by atoms with van der Waals surface area (Å²) in [5.74, 6) is 1.40. The first kappa shape index (κ1) is 22.2. The SMILES string of the molecule is CCNC(=NCCCOCC1CC1)NC(C)c1ccc(C)c(F)c1.I. The molecule has 2 N–H and O–H groups in total. The van der Waals surface area contributed by atoms with Gasteiger partial charge in [-0.2, -0.15) is 0 Å². The monoisotopic (exact) mass is 463 g/mol. The van der Waals surface area contributed by atoms with Gasteiger partial charge in [-0.3, -0.25) is 4.99 Å². The van der Waals surface area contributed by atoms with Crippen molar-refractivity contribution in [3.8, 4) is 0 Å². The normalized spacial score (nSPS) is 15.4. The van der Waals surface area contributed by atoms with Crippen LogP contribution in [0, 0.1) is 18.7 Å². The number of aryl methyl sites for hydroxylation is 1. The molecule has 0 amide bonds. The number of nitrogens with zero attached hydrogens (tertiary/aromatic N) is 1. The quantitative estimate of drug-likeness (QED) is 0.250. The van der Waals surface area contributed by atoms with E-state index >= 15 is 0 Å². The summed E-state index contributed by atoms with van der Waals surface area (Å²) in [5.41, 5.74) is 1.58. The minimum Gasteiger partial charge on any atom is -0.381 e. The Morgan fingerprint density at radius 3 is 2.80 bits per heavy atom. The van der Waals surface area contributed by atoms with Crippen molar-refractivity contribution >= 4 is 29.9 Å². The molecule has 1 unspecified atom stereocenters. The lowest BCUT2D eigenvalue weighted by atomic mass is 10.1. The number of halogens is 2. The Bertz CT molecular complexity index is 549. The molecular formula is C19H31FIN3O. The van der Waals surface area contributed by atoms with Crippen molar-refractivity contribution in [2.24, 2.45) is 10.9 Å². The third-order valence-electron chi connectivity index (χ3n) is 4.16. The summed E-state index contributed by atoms with van der Waals surface area (Å²) in [7, 11) is 0. The van der Waals surface area contributed by atoms with Gasteiger partial charge in [0.2, 0.25) is 0 Å². The van der Waals surface area contributed by atoms with Crippen LogP contribution in [-0.4, -0.2) is 32.3 Å². The van der Waals surface area contributed by atoms with E-state index in [1.165, 1.54) is 12.8 Å². The highest BCUT2D eigenvalue weighted by Crippen LogP contribution is 2.28. The molecule has 6 heteroatoms. The van der Waals surface area contributed by atoms with E-state index in [2.05, 4.69) is 15.6 Å². The minimum atomic E-state index is -0.170. The molecule has 0 heterocycles. The molecule has 1 fully saturated rings. The summed E-state index contributed by atoms with van der Waals surface area (Å²) in [6.45, 7) is 8.99. The van der Waals surface area contributed by atoms with Crippen molar-refractivity contribution in [1.82, 2.24) is 10.6 Å². The summed E-state index contributed by atoms with van der Waals surface area (Å²) in [6.07, 6.45) is 3.56. The predicted molar refractivity (Wildman–Crippen MR) is 112 cm³/mol. The van der Waals surface area contributed by atoms with Crippen LogP contribution >= 0.6 is 24.0 Å². The lowest BCUT2D eigenvalue weighted by molar-refractivity contribution is 0.123. The molecule has 0 aliphatic heterocycles. The maximum absolute atomic E-state index is 13.7. The van der Waals surface area contributed by atoms with Crippen molar-refractivity contribution in [2.45, 2.75) is 46.1 Å². The number of aliphatic imine (C=N–C) groups is 1. The third-order valence-corrected chi connectivity index (χ3v) is 4.16. The summed E-state index contributed by atoms with van der Waals surface area (Å²) in [4.78, 5) is 4.57. The molecule has 0 spiro atoms. The second kappa shape index (κ2) is 11.7. The Morgan fingerprint density at radius 1 is 1.40 bits per heavy atom. The lowest BCUT2D eigenvalue weighted by Gasteiger charge is -2.18. The molecule has 1 aliphatic rings. The number of hydrogen-bond acceptors (Lipinski definition) is 2. The van der Waals surface area contributed by atoms with E-state index in [9.17, 15) is 4.39 Å². The highest BCUT2D eigenvalue weighted by Gasteiger charge is 2.20. The summed E-state index contributed by atoms with van der Waals surface area (Å²) in [5, 5.41) is 6.56. The third kappa shape index (κ3) is 8.35. The summed E-state index contributed by atoms with van der Waals surface area (Å²) >= 11 is 0. The fourth-order valence-electron chi connectivity index (χ4n) is 2.38. The fourth-order valence-corrected chi connectivity index (χ4v) is 2.38. The maximum atomic E-state index is 13.7. The molecule has 1 saturated carbocycles. The zero-order valence-corrected chi connectivity index (χ0v) is 17.8. The standard InChI is InChI=1S/C19H30FN3O.HI/c1-4-21-19(22-10-5-11-24-13-16-7-8-16)23-15(3)17-9-6-14(2)18(20)12-17;/h6,9,12,15-16H,4-5,7-8,10-11,13H2,1-3H3,(H2,21,22,23);1H. The van der Waals surface area contributed by atoms with Crippen LogP contribution in [0.4, 0.5) is 4.39 Å². The molecular weight excluding hydrogens is 432 g/mol. The molecule has 0 radical (unpaired) electrons. The van der Waals surface area contributed by atoms with Crippen LogP contribution < -0.4 is 10.6 Å². The topological polar surface area (TPSA) is 45.7 Å². The second-order valence-corrected chi connectivity index (χ2v) is 6.51. The molecule has 0 saturated heterocycles. The van der Waals surface area contributed by atoms with E-state index < -0.39 is 0 Å². The molecule has 2 rings (SSSR count). The van der Waals surface area contributed by atoms with Crippen LogP contribution in [0.15, 0.2) is 23.2 Å². The van der Waals surface area contributed by atoms with Crippen molar-refractivity contribution in [1.29, 1.82) is 0 Å². The van der Waals surface area contributed by atoms with Crippen molar-refractivity contribution in [2.75, 3.05) is 26.3 Å². The second-order valence-electron chi connectivity index (χ2n) is 6.51. The van der Waals surface area contributed by atoms with Crippen LogP contribution in [0.2, 0.25) is 0 Å². The van der Waals surface area contributed by atoms with Gasteiger partial charge < -0.3 is 15.4 Å². The van der Waals surface area contributed by atoms with Crippen LogP contribution in [0.25, 0.3) is 0 Å². The van der Waals surface area contributed by atoms with Gasteiger partial charge in [-0.15, -0.1) is 24.0 Å². The van der Waals surface area contributed by atoms with Crippen molar-refractivity contribution < 1.29 is 9.13 Å². The first-order valence-electron chi connectivity index (χ1n) is 8.98. The number of benzene rings is 1. The largest absolute Gasteiger partial charge is 0.381 e. The van der Waals surface area contributed by atoms with Gasteiger partial charge in [-0.25, -0.2) is 4.39 Å². The Morgan fingerprint density at radius 2 is 2.16 bits per heavy atom. The Hall–Kier alpha value is -0.890. The summed E-state index contributed by atoms with van der Waals surface area (Å²) < 4.78 is 19.3. The average molecular weight is 463 g/mol. The van der Waals surface area contributed by atoms with E-state index in [1.54, 1.807) is 13.0 Å². The Kier molecular flexibility index (Phi) is 10.3. The minimum absolute atomic E-state index is 0. The molecule has 1 aliphatic carbocycles. The number of nitrogens with one attached hydrogen (secondary N) is 2. The lowest BCUT2D eigenvalue weighted by Crippen LogP contribution is -2.38. The van der Waals surface area contributed by atoms with E-state index in [0.29, 0.717) is 5.56 Å². The van der Waals surface area contributed by atoms with Crippen molar-refractivity contribution in [3.05, 3.63) is 35.1 Å². The zero-order valence-electron chi connectivity index (χ0n) is 15.5. The molecule has 1 atom stereocenters. The van der Waals surface area contributed by atoms with Gasteiger partial charge in [0.05, 0.1) is 6.04 Å². The maximum Gasteiger partial charge on any atom is 0.191 e. The van der Waals surface area contributed by atoms with E-state index in [-0.39, 0.29) is 35.8 Å². The Balaban J connectivity index is 0.00000312. The van der Waals surface area contributed by atoms with Crippen LogP contribution in [0.5, 0.6) is 0 Å². The van der Waals surface area contributed by atoms with Gasteiger partial charge in [-0.1, -0.05) is 12.1 Å². The van der Waals surface area contributed by atoms with E-state index in [0.717, 1.165) is 50.2 Å². The molecule has 1 aromatic carbocycles. The van der Waals surface area contributed by atoms with Gasteiger partial charge in [-0.05, 0) is 63.1 Å².